The van der Waals surface area contributed by atoms with E-state index in [2.05, 4.69) is 5.32 Å². The van der Waals surface area contributed by atoms with E-state index in [1.165, 1.54) is 0 Å². The van der Waals surface area contributed by atoms with Gasteiger partial charge in [0.1, 0.15) is 0 Å². The summed E-state index contributed by atoms with van der Waals surface area (Å²) >= 11 is 0. The number of ether oxygens (including phenoxy) is 1. The van der Waals surface area contributed by atoms with Gasteiger partial charge in [0, 0.05) is 25.6 Å². The van der Waals surface area contributed by atoms with Crippen LogP contribution in [0.2, 0.25) is 0 Å². The molecule has 2 N–H and O–H groups in total. The van der Waals surface area contributed by atoms with E-state index >= 15 is 0 Å². The number of hydrogen-bond donors (Lipinski definition) is 2. The minimum Gasteiger partial charge on any atom is -0.481 e. The summed E-state index contributed by atoms with van der Waals surface area (Å²) in [6, 6.07) is 9.44. The second kappa shape index (κ2) is 8.38. The lowest BCUT2D eigenvalue weighted by Gasteiger charge is -2.29. The summed E-state index contributed by atoms with van der Waals surface area (Å²) in [6.45, 7) is 2.24. The minimum atomic E-state index is -0.848. The number of rotatable bonds is 6. The highest BCUT2D eigenvalue weighted by molar-refractivity contribution is 5.74. The highest BCUT2D eigenvalue weighted by Crippen LogP contribution is 2.09. The average molecular weight is 306 g/mol. The molecule has 1 saturated heterocycles. The lowest BCUT2D eigenvalue weighted by Crippen LogP contribution is -2.49. The molecule has 0 saturated carbocycles. The number of carbonyl (C=O) groups excluding carboxylic acids is 1. The Kier molecular flexibility index (Phi) is 6.21. The van der Waals surface area contributed by atoms with Crippen LogP contribution >= 0.6 is 0 Å². The lowest BCUT2D eigenvalue weighted by atomic mass is 10.0. The second-order valence-corrected chi connectivity index (χ2v) is 5.37. The zero-order valence-electron chi connectivity index (χ0n) is 12.5. The molecular weight excluding hydrogens is 284 g/mol. The average Bonchev–Trinajstić information content (AvgIpc) is 2.54. The molecule has 1 aromatic rings. The zero-order chi connectivity index (χ0) is 15.8. The number of nitrogens with one attached hydrogen (secondary N) is 1. The molecule has 22 heavy (non-hydrogen) atoms. The molecule has 120 valence electrons. The van der Waals surface area contributed by atoms with Crippen LogP contribution in [0.5, 0.6) is 0 Å². The Balaban J connectivity index is 1.93. The van der Waals surface area contributed by atoms with Crippen molar-refractivity contribution in [1.82, 2.24) is 10.2 Å². The fourth-order valence-electron chi connectivity index (χ4n) is 2.45. The van der Waals surface area contributed by atoms with Gasteiger partial charge >= 0.3 is 12.0 Å². The van der Waals surface area contributed by atoms with Crippen molar-refractivity contribution in [3.63, 3.8) is 0 Å². The molecule has 1 heterocycles. The Morgan fingerprint density at radius 1 is 1.23 bits per heavy atom. The Hall–Kier alpha value is -2.08. The first-order valence-electron chi connectivity index (χ1n) is 7.54. The van der Waals surface area contributed by atoms with Gasteiger partial charge in [0.25, 0.3) is 0 Å². The Labute approximate surface area is 130 Å². The molecule has 0 bridgehead atoms. The van der Waals surface area contributed by atoms with Gasteiger partial charge in [0.05, 0.1) is 13.2 Å². The topological polar surface area (TPSA) is 78.9 Å². The van der Waals surface area contributed by atoms with Crippen LogP contribution in [0.1, 0.15) is 18.4 Å². The number of urea groups is 1. The SMILES string of the molecule is O=C(O)CCC(Cc1ccccc1)NC(=O)N1CCOCC1. The molecule has 1 fully saturated rings. The van der Waals surface area contributed by atoms with Crippen LogP contribution in [0.4, 0.5) is 4.79 Å². The first-order chi connectivity index (χ1) is 10.6. The number of amides is 2. The van der Waals surface area contributed by atoms with Gasteiger partial charge in [-0.2, -0.15) is 0 Å². The van der Waals surface area contributed by atoms with Gasteiger partial charge in [-0.15, -0.1) is 0 Å². The highest BCUT2D eigenvalue weighted by Gasteiger charge is 2.20. The van der Waals surface area contributed by atoms with Crippen molar-refractivity contribution in [3.05, 3.63) is 35.9 Å². The number of aliphatic carboxylic acids is 1. The Bertz CT molecular complexity index is 486. The number of carboxylic acid groups (broad SMARTS) is 1. The molecule has 1 unspecified atom stereocenters. The summed E-state index contributed by atoms with van der Waals surface area (Å²) in [6.07, 6.45) is 1.09. The molecule has 0 aliphatic carbocycles. The maximum Gasteiger partial charge on any atom is 0.317 e. The summed E-state index contributed by atoms with van der Waals surface area (Å²) in [4.78, 5) is 24.8. The number of benzene rings is 1. The van der Waals surface area contributed by atoms with Crippen molar-refractivity contribution in [2.45, 2.75) is 25.3 Å². The van der Waals surface area contributed by atoms with Crippen molar-refractivity contribution in [2.24, 2.45) is 0 Å². The molecule has 6 nitrogen and oxygen atoms in total. The van der Waals surface area contributed by atoms with E-state index in [4.69, 9.17) is 9.84 Å². The van der Waals surface area contributed by atoms with Crippen LogP contribution in [0.15, 0.2) is 30.3 Å². The molecule has 1 aromatic carbocycles. The number of carboxylic acids is 1. The molecule has 2 rings (SSSR count). The Morgan fingerprint density at radius 2 is 1.91 bits per heavy atom. The maximum atomic E-state index is 12.3. The molecule has 0 radical (unpaired) electrons. The third-order valence-corrected chi connectivity index (χ3v) is 3.66. The van der Waals surface area contributed by atoms with Gasteiger partial charge in [-0.25, -0.2) is 4.79 Å². The molecule has 2 amide bonds. The van der Waals surface area contributed by atoms with Gasteiger partial charge in [0.15, 0.2) is 0 Å². The summed E-state index contributed by atoms with van der Waals surface area (Å²) in [5, 5.41) is 11.8. The van der Waals surface area contributed by atoms with Crippen molar-refractivity contribution in [1.29, 1.82) is 0 Å². The first kappa shape index (κ1) is 16.3. The van der Waals surface area contributed by atoms with E-state index in [-0.39, 0.29) is 18.5 Å². The van der Waals surface area contributed by atoms with Crippen LogP contribution in [-0.2, 0) is 16.0 Å². The predicted octanol–water partition coefficient (Wildman–Crippen LogP) is 1.50. The maximum absolute atomic E-state index is 12.3. The van der Waals surface area contributed by atoms with Crippen LogP contribution in [0.3, 0.4) is 0 Å². The van der Waals surface area contributed by atoms with Gasteiger partial charge in [-0.1, -0.05) is 30.3 Å². The van der Waals surface area contributed by atoms with E-state index in [0.29, 0.717) is 39.1 Å². The summed E-state index contributed by atoms with van der Waals surface area (Å²) in [5.74, 6) is -0.848. The first-order valence-corrected chi connectivity index (χ1v) is 7.54. The fraction of sp³-hybridized carbons (Fsp3) is 0.500. The van der Waals surface area contributed by atoms with Crippen LogP contribution in [0, 0.1) is 0 Å². The molecule has 0 spiro atoms. The van der Waals surface area contributed by atoms with E-state index in [9.17, 15) is 9.59 Å². The largest absolute Gasteiger partial charge is 0.481 e. The molecular formula is C16H22N2O4. The molecule has 0 aromatic heterocycles. The molecule has 6 heteroatoms. The van der Waals surface area contributed by atoms with E-state index < -0.39 is 5.97 Å². The van der Waals surface area contributed by atoms with Crippen LogP contribution in [-0.4, -0.2) is 54.4 Å². The zero-order valence-corrected chi connectivity index (χ0v) is 12.5. The molecule has 1 atom stereocenters. The van der Waals surface area contributed by atoms with Gasteiger partial charge < -0.3 is 20.1 Å². The second-order valence-electron chi connectivity index (χ2n) is 5.37. The van der Waals surface area contributed by atoms with E-state index in [1.54, 1.807) is 4.90 Å². The van der Waals surface area contributed by atoms with Crippen molar-refractivity contribution >= 4 is 12.0 Å². The predicted molar refractivity (Wildman–Crippen MR) is 81.7 cm³/mol. The monoisotopic (exact) mass is 306 g/mol. The van der Waals surface area contributed by atoms with Crippen molar-refractivity contribution in [3.8, 4) is 0 Å². The molecule has 1 aliphatic heterocycles. The Morgan fingerprint density at radius 3 is 2.55 bits per heavy atom. The highest BCUT2D eigenvalue weighted by atomic mass is 16.5. The van der Waals surface area contributed by atoms with Gasteiger partial charge in [-0.3, -0.25) is 4.79 Å². The fourth-order valence-corrected chi connectivity index (χ4v) is 2.45. The van der Waals surface area contributed by atoms with Crippen LogP contribution in [0.25, 0.3) is 0 Å². The standard InChI is InChI=1S/C16H22N2O4/c19-15(20)7-6-14(12-13-4-2-1-3-5-13)17-16(21)18-8-10-22-11-9-18/h1-5,14H,6-12H2,(H,17,21)(H,19,20). The minimum absolute atomic E-state index is 0.0426. The lowest BCUT2D eigenvalue weighted by molar-refractivity contribution is -0.137. The number of nitrogens with zero attached hydrogens (tertiary/aromatic N) is 1. The normalized spacial score (nSPS) is 16.1. The number of hydrogen-bond acceptors (Lipinski definition) is 3. The van der Waals surface area contributed by atoms with Gasteiger partial charge in [0.2, 0.25) is 0 Å². The quantitative estimate of drug-likeness (QED) is 0.835. The third-order valence-electron chi connectivity index (χ3n) is 3.66. The third kappa shape index (κ3) is 5.37. The summed E-state index contributed by atoms with van der Waals surface area (Å²) in [7, 11) is 0. The number of carbonyl (C=O) groups is 2. The number of morpholine rings is 1. The van der Waals surface area contributed by atoms with E-state index in [1.807, 2.05) is 30.3 Å². The smallest absolute Gasteiger partial charge is 0.317 e. The van der Waals surface area contributed by atoms with Crippen LogP contribution < -0.4 is 5.32 Å². The van der Waals surface area contributed by atoms with Crippen molar-refractivity contribution < 1.29 is 19.4 Å². The summed E-state index contributed by atoms with van der Waals surface area (Å²) < 4.78 is 5.23. The van der Waals surface area contributed by atoms with Crippen molar-refractivity contribution in [2.75, 3.05) is 26.3 Å². The summed E-state index contributed by atoms with van der Waals surface area (Å²) in [5.41, 5.74) is 1.08. The molecule has 1 aliphatic rings. The van der Waals surface area contributed by atoms with Gasteiger partial charge in [-0.05, 0) is 18.4 Å². The van der Waals surface area contributed by atoms with E-state index in [0.717, 1.165) is 5.56 Å².